The molecule has 0 radical (unpaired) electrons. The van der Waals surface area contributed by atoms with Crippen LogP contribution in [0.1, 0.15) is 33.3 Å². The maximum atomic E-state index is 13.6. The van der Waals surface area contributed by atoms with Gasteiger partial charge in [0, 0.05) is 62.2 Å². The highest BCUT2D eigenvalue weighted by molar-refractivity contribution is 14.2. The van der Waals surface area contributed by atoms with Crippen LogP contribution in [0.2, 0.25) is 0 Å². The molecule has 1 aliphatic heterocycles. The van der Waals surface area contributed by atoms with Crippen molar-refractivity contribution in [2.45, 2.75) is 45.5 Å². The first kappa shape index (κ1) is 22.2. The van der Waals surface area contributed by atoms with E-state index in [1.54, 1.807) is 30.6 Å². The fourth-order valence-corrected chi connectivity index (χ4v) is 4.52. The van der Waals surface area contributed by atoms with Crippen molar-refractivity contribution in [1.82, 2.24) is 18.8 Å². The number of fused-ring (bicyclic) bond motifs is 1. The summed E-state index contributed by atoms with van der Waals surface area (Å²) in [5, 5.41) is -0.0258. The summed E-state index contributed by atoms with van der Waals surface area (Å²) >= 11 is 1.91. The lowest BCUT2D eigenvalue weighted by molar-refractivity contribution is -0.136. The predicted octanol–water partition coefficient (Wildman–Crippen LogP) is 4.74. The zero-order valence-electron chi connectivity index (χ0n) is 16.3. The summed E-state index contributed by atoms with van der Waals surface area (Å²) in [4.78, 5) is 24.0. The molecular weight excluding hydrogens is 522 g/mol. The lowest BCUT2D eigenvalue weighted by Gasteiger charge is -2.40. The van der Waals surface area contributed by atoms with Crippen molar-refractivity contribution in [1.29, 1.82) is 0 Å². The normalized spacial score (nSPS) is 18.4. The van der Waals surface area contributed by atoms with Gasteiger partial charge in [0.25, 0.3) is 0 Å². The lowest BCUT2D eigenvalue weighted by Crippen LogP contribution is -2.55. The highest BCUT2D eigenvalue weighted by Crippen LogP contribution is 2.41. The van der Waals surface area contributed by atoms with Gasteiger partial charge in [-0.15, -0.1) is 0 Å². The van der Waals surface area contributed by atoms with Crippen molar-refractivity contribution in [3.63, 3.8) is 0 Å². The summed E-state index contributed by atoms with van der Waals surface area (Å²) in [7, 11) is 1.11. The Balaban J connectivity index is 1.93. The minimum atomic E-state index is -4.53. The van der Waals surface area contributed by atoms with Crippen molar-refractivity contribution in [2.24, 2.45) is 0 Å². The van der Waals surface area contributed by atoms with Crippen molar-refractivity contribution in [3.8, 4) is 0 Å². The second-order valence-electron chi connectivity index (χ2n) is 7.80. The molecule has 1 atom stereocenters. The molecule has 3 rings (SSSR count). The van der Waals surface area contributed by atoms with Crippen LogP contribution >= 0.6 is 30.3 Å². The van der Waals surface area contributed by atoms with Gasteiger partial charge in [0.05, 0.1) is 10.9 Å². The molecule has 1 saturated heterocycles. The minimum absolute atomic E-state index is 0.0258. The van der Waals surface area contributed by atoms with Crippen LogP contribution in [0.25, 0.3) is 11.0 Å². The first-order valence-corrected chi connectivity index (χ1v) is 12.2. The van der Waals surface area contributed by atoms with E-state index in [2.05, 4.69) is 9.97 Å². The molecule has 29 heavy (non-hydrogen) atoms. The predicted molar refractivity (Wildman–Crippen MR) is 114 cm³/mol. The third-order valence-electron chi connectivity index (χ3n) is 4.47. The Morgan fingerprint density at radius 3 is 2.52 bits per heavy atom. The van der Waals surface area contributed by atoms with Crippen LogP contribution in [-0.4, -0.2) is 56.2 Å². The van der Waals surface area contributed by atoms with Gasteiger partial charge in [-0.25, -0.2) is 14.8 Å². The van der Waals surface area contributed by atoms with Crippen molar-refractivity contribution >= 4 is 53.3 Å². The Morgan fingerprint density at radius 1 is 1.28 bits per heavy atom. The van der Waals surface area contributed by atoms with E-state index in [1.165, 1.54) is 10.3 Å². The molecule has 1 amide bonds. The fourth-order valence-electron chi connectivity index (χ4n) is 3.27. The van der Waals surface area contributed by atoms with E-state index in [0.29, 0.717) is 19.6 Å². The van der Waals surface area contributed by atoms with E-state index >= 15 is 0 Å². The molecule has 0 spiro atoms. The summed E-state index contributed by atoms with van der Waals surface area (Å²) in [6, 6.07) is -0.251. The van der Waals surface area contributed by atoms with Gasteiger partial charge < -0.3 is 14.5 Å². The Morgan fingerprint density at radius 2 is 1.97 bits per heavy atom. The molecule has 160 valence electrons. The molecule has 0 aromatic carbocycles. The number of amides is 1. The number of anilines is 1. The third kappa shape index (κ3) is 4.67. The van der Waals surface area contributed by atoms with Gasteiger partial charge in [-0.05, 0) is 27.7 Å². The largest absolute Gasteiger partial charge is 0.444 e. The second kappa shape index (κ2) is 8.00. The van der Waals surface area contributed by atoms with Crippen LogP contribution in [0.5, 0.6) is 0 Å². The minimum Gasteiger partial charge on any atom is -0.444 e. The van der Waals surface area contributed by atoms with Crippen LogP contribution in [-0.2, 0) is 10.9 Å². The topological polar surface area (TPSA) is 63.5 Å². The monoisotopic (exact) mass is 543 g/mol. The summed E-state index contributed by atoms with van der Waals surface area (Å²) in [6.07, 6.45) is -2.65. The maximum Gasteiger partial charge on any atom is 0.418 e. The van der Waals surface area contributed by atoms with E-state index in [-0.39, 0.29) is 22.9 Å². The fraction of sp³-hybridized carbons (Fsp3) is 0.588. The van der Waals surface area contributed by atoms with E-state index in [1.807, 2.05) is 28.1 Å². The molecule has 3 heterocycles. The quantitative estimate of drug-likeness (QED) is 0.510. The summed E-state index contributed by atoms with van der Waals surface area (Å²) in [5.41, 5.74) is -1.17. The van der Waals surface area contributed by atoms with E-state index < -0.39 is 23.4 Å². The summed E-state index contributed by atoms with van der Waals surface area (Å²) in [5.74, 6) is 0.224. The second-order valence-corrected chi connectivity index (χ2v) is 9.51. The number of halogens is 4. The number of ether oxygens (including phenoxy) is 1. The molecule has 2 aromatic rings. The number of carbonyl (C=O) groups is 1. The molecule has 1 fully saturated rings. The molecule has 0 aliphatic carbocycles. The first-order chi connectivity index (χ1) is 13.4. The summed E-state index contributed by atoms with van der Waals surface area (Å²) in [6.45, 7) is 8.21. The smallest absolute Gasteiger partial charge is 0.418 e. The molecular formula is C17H21F3IN5O2S. The average Bonchev–Trinajstić information content (AvgIpc) is 2.99. The number of carbonyl (C=O) groups excluding carboxylic acids is 1. The highest BCUT2D eigenvalue weighted by atomic mass is 127. The first-order valence-electron chi connectivity index (χ1n) is 8.89. The van der Waals surface area contributed by atoms with Gasteiger partial charge in [0.1, 0.15) is 17.7 Å². The van der Waals surface area contributed by atoms with Crippen LogP contribution in [0.4, 0.5) is 23.8 Å². The Kier molecular flexibility index (Phi) is 6.14. The maximum absolute atomic E-state index is 13.6. The van der Waals surface area contributed by atoms with Crippen molar-refractivity contribution in [2.75, 3.05) is 24.5 Å². The molecule has 1 aliphatic rings. The van der Waals surface area contributed by atoms with Gasteiger partial charge in [-0.3, -0.25) is 3.97 Å². The number of alkyl halides is 3. The van der Waals surface area contributed by atoms with Gasteiger partial charge >= 0.3 is 12.3 Å². The molecule has 2 aromatic heterocycles. The number of nitrogens with zero attached hydrogens (tertiary/aromatic N) is 5. The SMILES string of the molecule is CC1CN(c2ncnc3c2c(C(F)(F)F)cn3SI)CCN1C(=O)OC(C)(C)C. The molecule has 0 saturated carbocycles. The molecule has 1 unspecified atom stereocenters. The van der Waals surface area contributed by atoms with Crippen LogP contribution in [0.15, 0.2) is 12.5 Å². The molecule has 7 nitrogen and oxygen atoms in total. The average molecular weight is 543 g/mol. The highest BCUT2D eigenvalue weighted by Gasteiger charge is 2.38. The number of hydrogen-bond donors (Lipinski definition) is 0. The van der Waals surface area contributed by atoms with Crippen LogP contribution < -0.4 is 4.90 Å². The molecule has 0 N–H and O–H groups in total. The number of hydrogen-bond acceptors (Lipinski definition) is 6. The zero-order chi connectivity index (χ0) is 21.6. The lowest BCUT2D eigenvalue weighted by atomic mass is 10.1. The standard InChI is InChI=1S/C17H21F3IN5O2S/c1-10-7-24(5-6-25(10)15(27)28-16(2,3)4)13-12-11(17(18,19)20)8-26(29-21)14(12)23-9-22-13/h8-10H,5-7H2,1-4H3. The number of piperazine rings is 1. The number of rotatable bonds is 2. The van der Waals surface area contributed by atoms with Crippen molar-refractivity contribution in [3.05, 3.63) is 18.1 Å². The van der Waals surface area contributed by atoms with Gasteiger partial charge in [-0.1, -0.05) is 0 Å². The third-order valence-corrected chi connectivity index (χ3v) is 6.17. The van der Waals surface area contributed by atoms with E-state index in [0.717, 1.165) is 15.3 Å². The Bertz CT molecular complexity index is 915. The Labute approximate surface area is 182 Å². The zero-order valence-corrected chi connectivity index (χ0v) is 19.3. The molecule has 0 bridgehead atoms. The van der Waals surface area contributed by atoms with Gasteiger partial charge in [0.2, 0.25) is 0 Å². The van der Waals surface area contributed by atoms with E-state index in [9.17, 15) is 18.0 Å². The number of aromatic nitrogens is 3. The summed E-state index contributed by atoms with van der Waals surface area (Å²) < 4.78 is 47.8. The van der Waals surface area contributed by atoms with Gasteiger partial charge in [-0.2, -0.15) is 13.2 Å². The van der Waals surface area contributed by atoms with E-state index in [4.69, 9.17) is 4.74 Å². The van der Waals surface area contributed by atoms with Crippen molar-refractivity contribution < 1.29 is 22.7 Å². The Hall–Kier alpha value is -1.44. The van der Waals surface area contributed by atoms with Gasteiger partial charge in [0.15, 0.2) is 5.65 Å². The molecule has 12 heteroatoms. The van der Waals surface area contributed by atoms with Crippen LogP contribution in [0, 0.1) is 0 Å². The van der Waals surface area contributed by atoms with Crippen LogP contribution in [0.3, 0.4) is 0 Å².